The van der Waals surface area contributed by atoms with Crippen molar-refractivity contribution < 1.29 is 9.63 Å². The van der Waals surface area contributed by atoms with Crippen molar-refractivity contribution in [2.75, 3.05) is 14.1 Å². The minimum atomic E-state index is -0.492. The van der Waals surface area contributed by atoms with Gasteiger partial charge in [-0.15, -0.1) is 0 Å². The maximum Gasteiger partial charge on any atom is 0.330 e. The first-order chi connectivity index (χ1) is 5.74. The predicted octanol–water partition coefficient (Wildman–Crippen LogP) is -1.42. The summed E-state index contributed by atoms with van der Waals surface area (Å²) in [4.78, 5) is 14.7. The van der Waals surface area contributed by atoms with Crippen molar-refractivity contribution >= 4 is 5.97 Å². The highest BCUT2D eigenvalue weighted by molar-refractivity contribution is 5.71. The Morgan fingerprint density at radius 3 is 2.67 bits per heavy atom. The number of carbonyl (C=O) groups excluding carboxylic acids is 1. The molecule has 0 aromatic rings. The van der Waals surface area contributed by atoms with E-state index in [-0.39, 0.29) is 6.42 Å². The van der Waals surface area contributed by atoms with Gasteiger partial charge in [-0.1, -0.05) is 0 Å². The molecule has 0 rings (SSSR count). The van der Waals surface area contributed by atoms with Gasteiger partial charge in [-0.25, -0.2) is 10.2 Å². The Morgan fingerprint density at radius 1 is 1.58 bits per heavy atom. The van der Waals surface area contributed by atoms with Gasteiger partial charge in [-0.3, -0.25) is 0 Å². The lowest BCUT2D eigenvalue weighted by Gasteiger charge is -2.05. The average molecular weight is 174 g/mol. The highest BCUT2D eigenvalue weighted by Gasteiger charge is 2.03. The van der Waals surface area contributed by atoms with Gasteiger partial charge < -0.3 is 15.6 Å². The van der Waals surface area contributed by atoms with Gasteiger partial charge >= 0.3 is 5.97 Å². The maximum atomic E-state index is 10.7. The lowest BCUT2D eigenvalue weighted by Crippen LogP contribution is -2.25. The molecule has 0 spiro atoms. The monoisotopic (exact) mass is 174 g/mol. The topological polar surface area (TPSA) is 88.4 Å². The molecular weight excluding hydrogens is 160 g/mol. The normalized spacial score (nSPS) is 10.8. The quantitative estimate of drug-likeness (QED) is 0.382. The predicted molar refractivity (Wildman–Crippen MR) is 44.2 cm³/mol. The van der Waals surface area contributed by atoms with Crippen molar-refractivity contribution in [2.24, 2.45) is 5.90 Å². The fourth-order valence-corrected chi connectivity index (χ4v) is 0.568. The second-order valence-corrected chi connectivity index (χ2v) is 1.98. The lowest BCUT2D eigenvalue weighted by atomic mass is 10.3. The fourth-order valence-electron chi connectivity index (χ4n) is 0.568. The lowest BCUT2D eigenvalue weighted by molar-refractivity contribution is -0.143. The van der Waals surface area contributed by atoms with E-state index in [9.17, 15) is 4.79 Å². The molecule has 5 N–H and O–H groups in total. The molecule has 0 atom stereocenters. The molecule has 0 aliphatic heterocycles. The van der Waals surface area contributed by atoms with Gasteiger partial charge in [0.15, 0.2) is 0 Å². The molecule has 0 aromatic carbocycles. The summed E-state index contributed by atoms with van der Waals surface area (Å²) >= 11 is 0. The smallest absolute Gasteiger partial charge is 0.330 e. The van der Waals surface area contributed by atoms with Crippen molar-refractivity contribution in [3.05, 3.63) is 11.9 Å². The van der Waals surface area contributed by atoms with E-state index in [0.29, 0.717) is 5.70 Å². The van der Waals surface area contributed by atoms with Crippen LogP contribution in [0.3, 0.4) is 0 Å². The van der Waals surface area contributed by atoms with Crippen LogP contribution in [0, 0.1) is 0 Å². The summed E-state index contributed by atoms with van der Waals surface area (Å²) in [5.74, 6) is 4.17. The van der Waals surface area contributed by atoms with Gasteiger partial charge in [0.2, 0.25) is 0 Å². The van der Waals surface area contributed by atoms with Gasteiger partial charge in [-0.2, -0.15) is 5.90 Å². The zero-order valence-electron chi connectivity index (χ0n) is 7.18. The fraction of sp³-hybridized carbons (Fsp3) is 0.500. The largest absolute Gasteiger partial charge is 0.390 e. The molecule has 0 saturated carbocycles. The van der Waals surface area contributed by atoms with Crippen LogP contribution in [0.25, 0.3) is 0 Å². The Bertz CT molecular complexity index is 169. The van der Waals surface area contributed by atoms with Gasteiger partial charge in [0.25, 0.3) is 0 Å². The van der Waals surface area contributed by atoms with E-state index < -0.39 is 5.97 Å². The molecule has 0 aromatic heterocycles. The van der Waals surface area contributed by atoms with Gasteiger partial charge in [0.1, 0.15) is 0 Å². The van der Waals surface area contributed by atoms with Crippen LogP contribution in [-0.2, 0) is 9.63 Å². The van der Waals surface area contributed by atoms with Crippen LogP contribution in [-0.4, -0.2) is 20.1 Å². The molecule has 70 valence electrons. The van der Waals surface area contributed by atoms with E-state index in [1.54, 1.807) is 20.3 Å². The Kier molecular flexibility index (Phi) is 5.76. The molecule has 0 heterocycles. The molecule has 0 radical (unpaired) electrons. The first kappa shape index (κ1) is 10.7. The maximum absolute atomic E-state index is 10.7. The zero-order chi connectivity index (χ0) is 9.40. The number of hydrazine groups is 1. The number of hydrogen-bond acceptors (Lipinski definition) is 6. The van der Waals surface area contributed by atoms with Crippen molar-refractivity contribution in [1.29, 1.82) is 0 Å². The van der Waals surface area contributed by atoms with E-state index >= 15 is 0 Å². The summed E-state index contributed by atoms with van der Waals surface area (Å²) in [7, 11) is 3.41. The first-order valence-corrected chi connectivity index (χ1v) is 3.43. The summed E-state index contributed by atoms with van der Waals surface area (Å²) in [5.41, 5.74) is 6.06. The Morgan fingerprint density at radius 2 is 2.25 bits per heavy atom. The molecule has 0 bridgehead atoms. The minimum absolute atomic E-state index is 0.113. The summed E-state index contributed by atoms with van der Waals surface area (Å²) in [5, 5.41) is 2.80. The summed E-state index contributed by atoms with van der Waals surface area (Å²) < 4.78 is 0. The van der Waals surface area contributed by atoms with Crippen molar-refractivity contribution in [2.45, 2.75) is 6.42 Å². The third-order valence-electron chi connectivity index (χ3n) is 1.18. The molecule has 0 amide bonds. The standard InChI is InChI=1S/C6H14N4O2/c1-8-5(4-10-9-2)3-6(11)12-7/h4,8-10H,3,7H2,1-2H3/b5-4-. The van der Waals surface area contributed by atoms with E-state index in [4.69, 9.17) is 0 Å². The van der Waals surface area contributed by atoms with E-state index in [1.165, 1.54) is 0 Å². The molecule has 12 heavy (non-hydrogen) atoms. The van der Waals surface area contributed by atoms with Crippen LogP contribution in [0.15, 0.2) is 11.9 Å². The molecule has 0 saturated heterocycles. The Balaban J connectivity index is 3.89. The SMILES string of the molecule is CNN/C=C(/CC(=O)ON)NC. The van der Waals surface area contributed by atoms with Gasteiger partial charge in [0, 0.05) is 26.0 Å². The second-order valence-electron chi connectivity index (χ2n) is 1.98. The van der Waals surface area contributed by atoms with Crippen molar-refractivity contribution in [3.63, 3.8) is 0 Å². The first-order valence-electron chi connectivity index (χ1n) is 3.43. The molecule has 0 fully saturated rings. The molecule has 6 nitrogen and oxygen atoms in total. The number of hydrogen-bond donors (Lipinski definition) is 4. The van der Waals surface area contributed by atoms with Crippen molar-refractivity contribution in [3.8, 4) is 0 Å². The summed E-state index contributed by atoms with van der Waals surface area (Å²) in [6.07, 6.45) is 1.72. The summed E-state index contributed by atoms with van der Waals surface area (Å²) in [6, 6.07) is 0. The van der Waals surface area contributed by atoms with E-state index in [2.05, 4.69) is 26.9 Å². The number of nitrogens with two attached hydrogens (primary N) is 1. The van der Waals surface area contributed by atoms with Crippen LogP contribution in [0.2, 0.25) is 0 Å². The van der Waals surface area contributed by atoms with Crippen LogP contribution < -0.4 is 22.1 Å². The molecule has 0 aliphatic rings. The number of carbonyl (C=O) groups is 1. The van der Waals surface area contributed by atoms with E-state index in [0.717, 1.165) is 0 Å². The van der Waals surface area contributed by atoms with Crippen LogP contribution in [0.1, 0.15) is 6.42 Å². The second kappa shape index (κ2) is 6.44. The number of nitrogens with one attached hydrogen (secondary N) is 3. The third-order valence-corrected chi connectivity index (χ3v) is 1.18. The Labute approximate surface area is 71.1 Å². The molecular formula is C6H14N4O2. The van der Waals surface area contributed by atoms with Gasteiger partial charge in [-0.05, 0) is 0 Å². The van der Waals surface area contributed by atoms with Gasteiger partial charge in [0.05, 0.1) is 6.42 Å². The third kappa shape index (κ3) is 4.53. The zero-order valence-corrected chi connectivity index (χ0v) is 7.18. The van der Waals surface area contributed by atoms with E-state index in [1.807, 2.05) is 0 Å². The molecule has 6 heteroatoms. The summed E-state index contributed by atoms with van der Waals surface area (Å²) in [6.45, 7) is 0. The molecule has 0 unspecified atom stereocenters. The highest BCUT2D eigenvalue weighted by Crippen LogP contribution is 1.94. The molecule has 0 aliphatic carbocycles. The number of rotatable bonds is 5. The van der Waals surface area contributed by atoms with Crippen molar-refractivity contribution in [1.82, 2.24) is 16.2 Å². The average Bonchev–Trinajstić information content (AvgIpc) is 2.11. The Hall–Kier alpha value is -1.27. The highest BCUT2D eigenvalue weighted by atomic mass is 16.7. The van der Waals surface area contributed by atoms with Crippen LogP contribution >= 0.6 is 0 Å². The van der Waals surface area contributed by atoms with Crippen LogP contribution in [0.4, 0.5) is 0 Å². The minimum Gasteiger partial charge on any atom is -0.390 e. The van der Waals surface area contributed by atoms with Crippen LogP contribution in [0.5, 0.6) is 0 Å².